The fourth-order valence-electron chi connectivity index (χ4n) is 5.07. The molecule has 0 aliphatic carbocycles. The number of halogens is 3. The van der Waals surface area contributed by atoms with Gasteiger partial charge >= 0.3 is 5.97 Å². The molecule has 11 heteroatoms. The molecule has 3 aromatic carbocycles. The summed E-state index contributed by atoms with van der Waals surface area (Å²) in [6.07, 6.45) is 1.78. The minimum Gasteiger partial charge on any atom is -0.493 e. The summed E-state index contributed by atoms with van der Waals surface area (Å²) in [7, 11) is 1.55. The van der Waals surface area contributed by atoms with Crippen molar-refractivity contribution in [3.05, 3.63) is 122 Å². The van der Waals surface area contributed by atoms with Gasteiger partial charge in [0.05, 0.1) is 40.0 Å². The first-order chi connectivity index (χ1) is 21.5. The van der Waals surface area contributed by atoms with Crippen LogP contribution in [0.4, 0.5) is 0 Å². The van der Waals surface area contributed by atoms with Gasteiger partial charge in [-0.1, -0.05) is 78.7 Å². The zero-order chi connectivity index (χ0) is 32.4. The first-order valence-electron chi connectivity index (χ1n) is 14.3. The van der Waals surface area contributed by atoms with E-state index in [4.69, 9.17) is 37.4 Å². The van der Waals surface area contributed by atoms with Crippen molar-refractivity contribution < 1.29 is 19.0 Å². The van der Waals surface area contributed by atoms with Crippen LogP contribution in [0.5, 0.6) is 11.5 Å². The standard InChI is InChI=1S/C34H31BrCl2N2O5S/c1-6-43-33(41)29-19(4)38-34-39(30(29)22-9-7-21(8-10-22)18(2)3)32(40)28(45-34)15-20-13-25(35)31(27(14-20)42-5)44-17-23-11-12-24(36)16-26(23)37/h7-16,18,30H,6,17H2,1-5H3/b28-15-/t30-/m0/s1. The molecule has 45 heavy (non-hydrogen) atoms. The number of hydrogen-bond acceptors (Lipinski definition) is 7. The molecular weight excluding hydrogens is 699 g/mol. The summed E-state index contributed by atoms with van der Waals surface area (Å²) in [6, 6.07) is 16.2. The van der Waals surface area contributed by atoms with E-state index in [1.54, 1.807) is 55.9 Å². The van der Waals surface area contributed by atoms with E-state index in [0.29, 0.717) is 58.1 Å². The molecule has 1 aliphatic rings. The number of rotatable bonds is 9. The van der Waals surface area contributed by atoms with E-state index >= 15 is 0 Å². The Morgan fingerprint density at radius 1 is 1.13 bits per heavy atom. The summed E-state index contributed by atoms with van der Waals surface area (Å²) < 4.78 is 19.8. The summed E-state index contributed by atoms with van der Waals surface area (Å²) in [5, 5.41) is 1.04. The quantitative estimate of drug-likeness (QED) is 0.166. The van der Waals surface area contributed by atoms with Gasteiger partial charge in [0.15, 0.2) is 16.3 Å². The maximum atomic E-state index is 14.0. The third-order valence-electron chi connectivity index (χ3n) is 7.37. The van der Waals surface area contributed by atoms with Crippen LogP contribution >= 0.6 is 50.5 Å². The Hall–Kier alpha value is -3.37. The fourth-order valence-corrected chi connectivity index (χ4v) is 7.16. The van der Waals surface area contributed by atoms with Crippen molar-refractivity contribution in [3.8, 4) is 11.5 Å². The van der Waals surface area contributed by atoms with E-state index in [-0.39, 0.29) is 18.8 Å². The van der Waals surface area contributed by atoms with Crippen molar-refractivity contribution in [2.24, 2.45) is 4.99 Å². The summed E-state index contributed by atoms with van der Waals surface area (Å²) in [5.41, 5.74) is 4.04. The number of carbonyl (C=O) groups excluding carboxylic acids is 1. The summed E-state index contributed by atoms with van der Waals surface area (Å²) in [4.78, 5) is 32.4. The van der Waals surface area contributed by atoms with Crippen LogP contribution in [-0.4, -0.2) is 24.3 Å². The smallest absolute Gasteiger partial charge is 0.338 e. The van der Waals surface area contributed by atoms with E-state index in [2.05, 4.69) is 34.8 Å². The highest BCUT2D eigenvalue weighted by Crippen LogP contribution is 2.38. The average Bonchev–Trinajstić information content (AvgIpc) is 3.30. The van der Waals surface area contributed by atoms with Gasteiger partial charge in [-0.25, -0.2) is 9.79 Å². The lowest BCUT2D eigenvalue weighted by Gasteiger charge is -2.25. The van der Waals surface area contributed by atoms with Crippen molar-refractivity contribution in [2.75, 3.05) is 13.7 Å². The lowest BCUT2D eigenvalue weighted by atomic mass is 9.93. The molecule has 0 unspecified atom stereocenters. The molecule has 1 aliphatic heterocycles. The normalized spacial score (nSPS) is 14.8. The largest absolute Gasteiger partial charge is 0.493 e. The Labute approximate surface area is 283 Å². The predicted octanol–water partition coefficient (Wildman–Crippen LogP) is 7.58. The van der Waals surface area contributed by atoms with Crippen LogP contribution in [0.25, 0.3) is 6.08 Å². The molecule has 1 atom stereocenters. The number of benzene rings is 3. The van der Waals surface area contributed by atoms with Crippen LogP contribution in [0, 0.1) is 0 Å². The van der Waals surface area contributed by atoms with Crippen molar-refractivity contribution in [1.82, 2.24) is 4.57 Å². The second-order valence-electron chi connectivity index (χ2n) is 10.7. The minimum atomic E-state index is -0.680. The van der Waals surface area contributed by atoms with E-state index in [1.807, 2.05) is 30.3 Å². The highest BCUT2D eigenvalue weighted by Gasteiger charge is 2.33. The van der Waals surface area contributed by atoms with Gasteiger partial charge in [-0.15, -0.1) is 0 Å². The number of esters is 1. The number of allylic oxidation sites excluding steroid dienone is 1. The number of methoxy groups -OCH3 is 1. The van der Waals surface area contributed by atoms with Crippen molar-refractivity contribution >= 4 is 62.5 Å². The Bertz CT molecular complexity index is 1980. The van der Waals surface area contributed by atoms with E-state index < -0.39 is 12.0 Å². The van der Waals surface area contributed by atoms with Crippen molar-refractivity contribution in [1.29, 1.82) is 0 Å². The maximum absolute atomic E-state index is 14.0. The molecule has 0 fully saturated rings. The van der Waals surface area contributed by atoms with Gasteiger partial charge in [0, 0.05) is 15.6 Å². The summed E-state index contributed by atoms with van der Waals surface area (Å²) in [6.45, 7) is 8.17. The summed E-state index contributed by atoms with van der Waals surface area (Å²) >= 11 is 17.2. The summed E-state index contributed by atoms with van der Waals surface area (Å²) in [5.74, 6) is 0.806. The lowest BCUT2D eigenvalue weighted by molar-refractivity contribution is -0.139. The van der Waals surface area contributed by atoms with Gasteiger partial charge in [-0.2, -0.15) is 0 Å². The molecule has 1 aromatic heterocycles. The third-order valence-corrected chi connectivity index (χ3v) is 9.53. The first kappa shape index (κ1) is 33.0. The highest BCUT2D eigenvalue weighted by atomic mass is 79.9. The van der Waals surface area contributed by atoms with Gasteiger partial charge in [0.1, 0.15) is 6.61 Å². The molecule has 0 saturated carbocycles. The van der Waals surface area contributed by atoms with Crippen molar-refractivity contribution in [2.45, 2.75) is 46.3 Å². The topological polar surface area (TPSA) is 79.1 Å². The van der Waals surface area contributed by atoms with E-state index in [9.17, 15) is 9.59 Å². The van der Waals surface area contributed by atoms with Crippen LogP contribution in [-0.2, 0) is 16.1 Å². The minimum absolute atomic E-state index is 0.198. The first-order valence-corrected chi connectivity index (χ1v) is 16.6. The van der Waals surface area contributed by atoms with Crippen LogP contribution < -0.4 is 24.4 Å². The van der Waals surface area contributed by atoms with Gasteiger partial charge in [0.25, 0.3) is 5.56 Å². The Kier molecular flexibility index (Phi) is 10.2. The van der Waals surface area contributed by atoms with Gasteiger partial charge in [0.2, 0.25) is 0 Å². The van der Waals surface area contributed by atoms with Crippen LogP contribution in [0.3, 0.4) is 0 Å². The SMILES string of the molecule is CCOC(=O)C1=C(C)N=c2s/c(=C\c3cc(Br)c(OCc4ccc(Cl)cc4Cl)c(OC)c3)c(=O)n2[C@H]1c1ccc(C(C)C)cc1. The molecule has 5 rings (SSSR count). The van der Waals surface area contributed by atoms with Crippen molar-refractivity contribution in [3.63, 3.8) is 0 Å². The van der Waals surface area contributed by atoms with E-state index in [1.165, 1.54) is 11.3 Å². The Balaban J connectivity index is 1.57. The molecule has 0 bridgehead atoms. The van der Waals surface area contributed by atoms with Crippen LogP contribution in [0.15, 0.2) is 80.1 Å². The van der Waals surface area contributed by atoms with Gasteiger partial charge in [-0.05, 0) is 82.7 Å². The molecule has 0 spiro atoms. The zero-order valence-electron chi connectivity index (χ0n) is 25.3. The lowest BCUT2D eigenvalue weighted by Crippen LogP contribution is -2.39. The number of carbonyl (C=O) groups is 1. The number of thiazole rings is 1. The molecule has 2 heterocycles. The predicted molar refractivity (Wildman–Crippen MR) is 182 cm³/mol. The number of ether oxygens (including phenoxy) is 3. The Morgan fingerprint density at radius 2 is 1.87 bits per heavy atom. The molecular formula is C34H31BrCl2N2O5S. The second-order valence-corrected chi connectivity index (χ2v) is 13.4. The fraction of sp³-hybridized carbons (Fsp3) is 0.265. The number of aromatic nitrogens is 1. The number of hydrogen-bond donors (Lipinski definition) is 0. The van der Waals surface area contributed by atoms with Crippen LogP contribution in [0.1, 0.15) is 61.9 Å². The molecule has 0 N–H and O–H groups in total. The molecule has 4 aromatic rings. The zero-order valence-corrected chi connectivity index (χ0v) is 29.2. The second kappa shape index (κ2) is 14.0. The van der Waals surface area contributed by atoms with Gasteiger partial charge < -0.3 is 14.2 Å². The third kappa shape index (κ3) is 6.92. The molecule has 7 nitrogen and oxygen atoms in total. The molecule has 0 saturated heterocycles. The molecule has 0 radical (unpaired) electrons. The number of nitrogens with zero attached hydrogens (tertiary/aromatic N) is 2. The van der Waals surface area contributed by atoms with Crippen LogP contribution in [0.2, 0.25) is 10.0 Å². The maximum Gasteiger partial charge on any atom is 0.338 e. The average molecular weight is 731 g/mol. The monoisotopic (exact) mass is 728 g/mol. The highest BCUT2D eigenvalue weighted by molar-refractivity contribution is 9.10. The number of fused-ring (bicyclic) bond motifs is 1. The Morgan fingerprint density at radius 3 is 2.51 bits per heavy atom. The van der Waals surface area contributed by atoms with Gasteiger partial charge in [-0.3, -0.25) is 9.36 Å². The molecule has 0 amide bonds. The van der Waals surface area contributed by atoms with E-state index in [0.717, 1.165) is 16.7 Å². The molecule has 234 valence electrons.